The Bertz CT molecular complexity index is 1170. The van der Waals surface area contributed by atoms with E-state index in [9.17, 15) is 14.4 Å². The minimum atomic E-state index is -0.774. The van der Waals surface area contributed by atoms with Gasteiger partial charge in [-0.2, -0.15) is 0 Å². The summed E-state index contributed by atoms with van der Waals surface area (Å²) in [6.45, 7) is 6.66. The Hall–Kier alpha value is -2.37. The average Bonchev–Trinajstić information content (AvgIpc) is 3.36. The summed E-state index contributed by atoms with van der Waals surface area (Å²) < 4.78 is 16.9. The molecule has 0 heterocycles. The predicted molar refractivity (Wildman–Crippen MR) is 302 cm³/mol. The molecule has 6 nitrogen and oxygen atoms in total. The molecule has 0 aliphatic heterocycles. The molecular weight excluding hydrogens is 865 g/mol. The third kappa shape index (κ3) is 56.5. The van der Waals surface area contributed by atoms with E-state index in [1.54, 1.807) is 0 Å². The fraction of sp³-hybridized carbons (Fsp3) is 0.859. The third-order valence-electron chi connectivity index (χ3n) is 13.9. The molecule has 0 amide bonds. The van der Waals surface area contributed by atoms with Crippen molar-refractivity contribution in [3.05, 3.63) is 36.5 Å². The van der Waals surface area contributed by atoms with Gasteiger partial charge in [-0.3, -0.25) is 14.4 Å². The zero-order chi connectivity index (χ0) is 50.7. The number of hydrogen-bond donors (Lipinski definition) is 0. The number of ether oxygens (including phenoxy) is 3. The highest BCUT2D eigenvalue weighted by atomic mass is 16.6. The second kappa shape index (κ2) is 59.2. The van der Waals surface area contributed by atoms with Gasteiger partial charge in [0.15, 0.2) is 6.10 Å². The van der Waals surface area contributed by atoms with Crippen molar-refractivity contribution in [2.75, 3.05) is 13.2 Å². The first-order chi connectivity index (χ1) is 34.5. The van der Waals surface area contributed by atoms with Gasteiger partial charge in [0.25, 0.3) is 0 Å². The van der Waals surface area contributed by atoms with Gasteiger partial charge in [-0.05, 0) is 57.8 Å². The number of allylic oxidation sites excluding steroid dienone is 6. The molecular formula is C64H118O6. The van der Waals surface area contributed by atoms with Gasteiger partial charge in [0.2, 0.25) is 0 Å². The summed E-state index contributed by atoms with van der Waals surface area (Å²) >= 11 is 0. The Kier molecular flexibility index (Phi) is 57.2. The zero-order valence-corrected chi connectivity index (χ0v) is 47.1. The Morgan fingerprint density at radius 1 is 0.286 bits per heavy atom. The molecule has 0 aliphatic rings. The molecule has 0 spiro atoms. The van der Waals surface area contributed by atoms with Crippen molar-refractivity contribution in [3.8, 4) is 0 Å². The molecule has 410 valence electrons. The van der Waals surface area contributed by atoms with Crippen molar-refractivity contribution < 1.29 is 28.6 Å². The fourth-order valence-corrected chi connectivity index (χ4v) is 9.22. The summed E-state index contributed by atoms with van der Waals surface area (Å²) in [5, 5.41) is 0. The van der Waals surface area contributed by atoms with Crippen LogP contribution in [0.2, 0.25) is 0 Å². The van der Waals surface area contributed by atoms with Crippen LogP contribution in [0, 0.1) is 0 Å². The third-order valence-corrected chi connectivity index (χ3v) is 13.9. The van der Waals surface area contributed by atoms with Crippen LogP contribution in [-0.4, -0.2) is 37.2 Å². The first kappa shape index (κ1) is 67.6. The van der Waals surface area contributed by atoms with Gasteiger partial charge >= 0.3 is 17.9 Å². The van der Waals surface area contributed by atoms with Crippen molar-refractivity contribution in [1.82, 2.24) is 0 Å². The van der Waals surface area contributed by atoms with Crippen LogP contribution in [0.1, 0.15) is 335 Å². The molecule has 6 heteroatoms. The van der Waals surface area contributed by atoms with Crippen molar-refractivity contribution in [1.29, 1.82) is 0 Å². The number of hydrogen-bond acceptors (Lipinski definition) is 6. The molecule has 0 saturated heterocycles. The summed E-state index contributed by atoms with van der Waals surface area (Å²) in [6, 6.07) is 0. The van der Waals surface area contributed by atoms with Gasteiger partial charge in [0.05, 0.1) is 0 Å². The minimum Gasteiger partial charge on any atom is -0.462 e. The van der Waals surface area contributed by atoms with Crippen LogP contribution in [0.15, 0.2) is 36.5 Å². The lowest BCUT2D eigenvalue weighted by atomic mass is 10.0. The lowest BCUT2D eigenvalue weighted by molar-refractivity contribution is -0.167. The minimum absolute atomic E-state index is 0.0710. The van der Waals surface area contributed by atoms with Crippen LogP contribution >= 0.6 is 0 Å². The van der Waals surface area contributed by atoms with Crippen LogP contribution in [0.4, 0.5) is 0 Å². The van der Waals surface area contributed by atoms with E-state index in [2.05, 4.69) is 57.2 Å². The number of rotatable bonds is 57. The molecule has 0 aliphatic carbocycles. The molecule has 0 rings (SSSR count). The zero-order valence-electron chi connectivity index (χ0n) is 47.1. The second-order valence-electron chi connectivity index (χ2n) is 21.0. The standard InChI is InChI=1S/C64H118O6/c1-4-7-10-13-16-19-22-25-28-30-32-34-36-39-42-45-48-51-54-57-63(66)69-60-61(59-68-62(65)56-53-50-47-44-41-38-27-24-21-18-15-12-9-6-3)70-64(67)58-55-52-49-46-43-40-37-35-33-31-29-26-23-20-17-14-11-8-5-2/h16,19,25,28,32,34,61H,4-15,17-18,20-24,26-27,29-31,33,35-60H2,1-3H3/b19-16-,28-25-,34-32-. The molecule has 0 aromatic rings. The number of unbranched alkanes of at least 4 members (excludes halogenated alkanes) is 40. The topological polar surface area (TPSA) is 78.9 Å². The number of carbonyl (C=O) groups is 3. The molecule has 0 radical (unpaired) electrons. The first-order valence-corrected chi connectivity index (χ1v) is 31.0. The molecule has 0 fully saturated rings. The highest BCUT2D eigenvalue weighted by Gasteiger charge is 2.19. The molecule has 70 heavy (non-hydrogen) atoms. The maximum atomic E-state index is 12.9. The Labute approximate surface area is 435 Å². The Balaban J connectivity index is 4.34. The van der Waals surface area contributed by atoms with Crippen LogP contribution in [0.25, 0.3) is 0 Å². The monoisotopic (exact) mass is 983 g/mol. The molecule has 0 aromatic carbocycles. The number of esters is 3. The van der Waals surface area contributed by atoms with E-state index < -0.39 is 6.10 Å². The van der Waals surface area contributed by atoms with Crippen LogP contribution < -0.4 is 0 Å². The summed E-state index contributed by atoms with van der Waals surface area (Å²) in [5.74, 6) is -0.860. The van der Waals surface area contributed by atoms with Crippen LogP contribution in [0.5, 0.6) is 0 Å². The van der Waals surface area contributed by atoms with Crippen LogP contribution in [0.3, 0.4) is 0 Å². The number of carbonyl (C=O) groups excluding carboxylic acids is 3. The molecule has 0 aromatic heterocycles. The van der Waals surface area contributed by atoms with E-state index in [0.29, 0.717) is 19.3 Å². The lowest BCUT2D eigenvalue weighted by Gasteiger charge is -2.18. The molecule has 1 atom stereocenters. The SMILES string of the molecule is CCCCC/C=C\C/C=C\C/C=C\CCCCCCCCC(=O)OCC(COC(=O)CCCCCCCCCCCCCCCC)OC(=O)CCCCCCCCCCCCCCCCCCCCC. The van der Waals surface area contributed by atoms with Crippen molar-refractivity contribution >= 4 is 17.9 Å². The second-order valence-corrected chi connectivity index (χ2v) is 21.0. The van der Waals surface area contributed by atoms with E-state index in [0.717, 1.165) is 77.0 Å². The fourth-order valence-electron chi connectivity index (χ4n) is 9.22. The molecule has 1 unspecified atom stereocenters. The first-order valence-electron chi connectivity index (χ1n) is 31.0. The molecule has 0 N–H and O–H groups in total. The van der Waals surface area contributed by atoms with Gasteiger partial charge in [0.1, 0.15) is 13.2 Å². The van der Waals surface area contributed by atoms with Crippen molar-refractivity contribution in [2.24, 2.45) is 0 Å². The predicted octanol–water partition coefficient (Wildman–Crippen LogP) is 20.8. The van der Waals surface area contributed by atoms with E-state index in [1.165, 1.54) is 218 Å². The van der Waals surface area contributed by atoms with Gasteiger partial charge < -0.3 is 14.2 Å². The largest absolute Gasteiger partial charge is 0.462 e. The summed E-state index contributed by atoms with van der Waals surface area (Å²) in [4.78, 5) is 38.3. The van der Waals surface area contributed by atoms with E-state index in [-0.39, 0.29) is 31.1 Å². The van der Waals surface area contributed by atoms with Crippen molar-refractivity contribution in [3.63, 3.8) is 0 Å². The highest BCUT2D eigenvalue weighted by molar-refractivity contribution is 5.71. The normalized spacial score (nSPS) is 12.2. The molecule has 0 bridgehead atoms. The smallest absolute Gasteiger partial charge is 0.306 e. The van der Waals surface area contributed by atoms with E-state index in [1.807, 2.05) is 0 Å². The van der Waals surface area contributed by atoms with E-state index >= 15 is 0 Å². The maximum absolute atomic E-state index is 12.9. The Morgan fingerprint density at radius 3 is 0.829 bits per heavy atom. The average molecular weight is 984 g/mol. The quantitative estimate of drug-likeness (QED) is 0.0261. The maximum Gasteiger partial charge on any atom is 0.306 e. The van der Waals surface area contributed by atoms with Crippen molar-refractivity contribution in [2.45, 2.75) is 341 Å². The van der Waals surface area contributed by atoms with Crippen LogP contribution in [-0.2, 0) is 28.6 Å². The van der Waals surface area contributed by atoms with E-state index in [4.69, 9.17) is 14.2 Å². The highest BCUT2D eigenvalue weighted by Crippen LogP contribution is 2.17. The van der Waals surface area contributed by atoms with Gasteiger partial charge in [-0.25, -0.2) is 0 Å². The summed E-state index contributed by atoms with van der Waals surface area (Å²) in [7, 11) is 0. The molecule has 0 saturated carbocycles. The summed E-state index contributed by atoms with van der Waals surface area (Å²) in [5.41, 5.74) is 0. The summed E-state index contributed by atoms with van der Waals surface area (Å²) in [6.07, 6.45) is 71.4. The lowest BCUT2D eigenvalue weighted by Crippen LogP contribution is -2.30. The van der Waals surface area contributed by atoms with Gasteiger partial charge in [0, 0.05) is 19.3 Å². The van der Waals surface area contributed by atoms with Gasteiger partial charge in [-0.1, -0.05) is 295 Å². The Morgan fingerprint density at radius 2 is 0.514 bits per heavy atom. The van der Waals surface area contributed by atoms with Gasteiger partial charge in [-0.15, -0.1) is 0 Å².